The van der Waals surface area contributed by atoms with Crippen LogP contribution in [0.5, 0.6) is 0 Å². The second kappa shape index (κ2) is 7.78. The summed E-state index contributed by atoms with van der Waals surface area (Å²) in [6, 6.07) is 11.1. The molecule has 0 heterocycles. The quantitative estimate of drug-likeness (QED) is 0.578. The lowest BCUT2D eigenvalue weighted by Crippen LogP contribution is -2.41. The van der Waals surface area contributed by atoms with Crippen molar-refractivity contribution in [1.82, 2.24) is 4.31 Å². The highest BCUT2D eigenvalue weighted by Gasteiger charge is 2.40. The second-order valence-electron chi connectivity index (χ2n) is 7.82. The van der Waals surface area contributed by atoms with Crippen molar-refractivity contribution in [3.05, 3.63) is 75.8 Å². The molecular weight excluding hydrogens is 429 g/mol. The Labute approximate surface area is 181 Å². The molecule has 0 N–H and O–H groups in total. The Balaban J connectivity index is 1.72. The van der Waals surface area contributed by atoms with Crippen molar-refractivity contribution >= 4 is 39.1 Å². The number of aryl methyl sites for hydroxylation is 1. The van der Waals surface area contributed by atoms with Gasteiger partial charge in [-0.3, -0.25) is 4.79 Å². The molecule has 2 aliphatic carbocycles. The first-order chi connectivity index (χ1) is 13.8. The summed E-state index contributed by atoms with van der Waals surface area (Å²) in [5.41, 5.74) is 1.34. The number of amides is 1. The molecule has 0 saturated heterocycles. The minimum atomic E-state index is -4.09. The van der Waals surface area contributed by atoms with Gasteiger partial charge in [-0.25, -0.2) is 12.7 Å². The largest absolute Gasteiger partial charge is 0.268 e. The van der Waals surface area contributed by atoms with Gasteiger partial charge in [0.1, 0.15) is 0 Å². The average molecular weight is 450 g/mol. The van der Waals surface area contributed by atoms with Gasteiger partial charge in [0.2, 0.25) is 0 Å². The van der Waals surface area contributed by atoms with E-state index in [2.05, 4.69) is 12.2 Å². The molecule has 29 heavy (non-hydrogen) atoms. The van der Waals surface area contributed by atoms with E-state index < -0.39 is 15.9 Å². The van der Waals surface area contributed by atoms with E-state index in [4.69, 9.17) is 23.2 Å². The summed E-state index contributed by atoms with van der Waals surface area (Å²) in [6.07, 6.45) is 6.28. The van der Waals surface area contributed by atoms with Crippen LogP contribution in [0.1, 0.15) is 28.8 Å². The SMILES string of the molecule is Cc1ccc(C(=O)N(C[C@@H]2C[C@@H]3C=C[C@H]2C3)S(=O)(=O)c2ccc(Cl)c(Cl)c2)cc1. The van der Waals surface area contributed by atoms with Crippen LogP contribution in [-0.2, 0) is 10.0 Å². The fourth-order valence-electron chi connectivity index (χ4n) is 4.21. The average Bonchev–Trinajstić information content (AvgIpc) is 3.31. The van der Waals surface area contributed by atoms with Gasteiger partial charge in [-0.05, 0) is 67.9 Å². The van der Waals surface area contributed by atoms with E-state index in [0.717, 1.165) is 22.7 Å². The number of halogens is 2. The van der Waals surface area contributed by atoms with Crippen molar-refractivity contribution in [2.24, 2.45) is 17.8 Å². The van der Waals surface area contributed by atoms with Gasteiger partial charge < -0.3 is 0 Å². The highest BCUT2D eigenvalue weighted by Crippen LogP contribution is 2.44. The molecule has 7 heteroatoms. The Bertz CT molecular complexity index is 1080. The molecule has 0 aliphatic heterocycles. The van der Waals surface area contributed by atoms with Crippen LogP contribution < -0.4 is 0 Å². The molecule has 0 spiro atoms. The van der Waals surface area contributed by atoms with E-state index in [-0.39, 0.29) is 27.4 Å². The molecule has 1 fully saturated rings. The topological polar surface area (TPSA) is 54.5 Å². The fraction of sp³-hybridized carbons (Fsp3) is 0.318. The van der Waals surface area contributed by atoms with E-state index in [1.165, 1.54) is 18.2 Å². The van der Waals surface area contributed by atoms with Crippen LogP contribution in [-0.4, -0.2) is 25.2 Å². The molecular formula is C22H21Cl2NO3S. The maximum absolute atomic E-state index is 13.5. The molecule has 4 nitrogen and oxygen atoms in total. The third kappa shape index (κ3) is 3.96. The normalized spacial score (nSPS) is 22.8. The van der Waals surface area contributed by atoms with E-state index in [0.29, 0.717) is 17.4 Å². The molecule has 2 aromatic carbocycles. The first-order valence-electron chi connectivity index (χ1n) is 9.53. The number of fused-ring (bicyclic) bond motifs is 2. The lowest BCUT2D eigenvalue weighted by molar-refractivity contribution is 0.0841. The predicted octanol–water partition coefficient (Wildman–Crippen LogP) is 5.35. The summed E-state index contributed by atoms with van der Waals surface area (Å²) in [5.74, 6) is 0.395. The summed E-state index contributed by atoms with van der Waals surface area (Å²) >= 11 is 12.0. The van der Waals surface area contributed by atoms with E-state index in [9.17, 15) is 13.2 Å². The van der Waals surface area contributed by atoms with Gasteiger partial charge in [0, 0.05) is 12.1 Å². The van der Waals surface area contributed by atoms with Gasteiger partial charge in [0.15, 0.2) is 0 Å². The summed E-state index contributed by atoms with van der Waals surface area (Å²) in [7, 11) is -4.09. The monoisotopic (exact) mass is 449 g/mol. The molecule has 0 aromatic heterocycles. The van der Waals surface area contributed by atoms with Crippen LogP contribution in [0.25, 0.3) is 0 Å². The molecule has 3 atom stereocenters. The number of rotatable bonds is 5. The molecule has 2 bridgehead atoms. The van der Waals surface area contributed by atoms with Gasteiger partial charge in [-0.15, -0.1) is 0 Å². The van der Waals surface area contributed by atoms with Crippen LogP contribution in [0.15, 0.2) is 59.5 Å². The number of allylic oxidation sites excluding steroid dienone is 2. The Morgan fingerprint density at radius 3 is 2.34 bits per heavy atom. The fourth-order valence-corrected chi connectivity index (χ4v) is 6.05. The zero-order chi connectivity index (χ0) is 20.8. The first-order valence-corrected chi connectivity index (χ1v) is 11.7. The number of carbonyl (C=O) groups is 1. The van der Waals surface area contributed by atoms with Crippen LogP contribution in [0, 0.1) is 24.7 Å². The zero-order valence-corrected chi connectivity index (χ0v) is 18.2. The third-order valence-corrected chi connectivity index (χ3v) is 8.30. The van der Waals surface area contributed by atoms with Crippen LogP contribution in [0.3, 0.4) is 0 Å². The smallest absolute Gasteiger partial charge is 0.267 e. The van der Waals surface area contributed by atoms with E-state index in [1.54, 1.807) is 24.3 Å². The summed E-state index contributed by atoms with van der Waals surface area (Å²) in [6.45, 7) is 2.07. The molecule has 152 valence electrons. The molecule has 2 aromatic rings. The zero-order valence-electron chi connectivity index (χ0n) is 15.9. The molecule has 1 saturated carbocycles. The van der Waals surface area contributed by atoms with Crippen molar-refractivity contribution in [2.75, 3.05) is 6.54 Å². The number of hydrogen-bond donors (Lipinski definition) is 0. The lowest BCUT2D eigenvalue weighted by atomic mass is 9.93. The van der Waals surface area contributed by atoms with Crippen LogP contribution in [0.2, 0.25) is 10.0 Å². The molecule has 0 radical (unpaired) electrons. The van der Waals surface area contributed by atoms with Crippen molar-refractivity contribution in [1.29, 1.82) is 0 Å². The van der Waals surface area contributed by atoms with E-state index in [1.807, 2.05) is 6.92 Å². The first kappa shape index (κ1) is 20.5. The van der Waals surface area contributed by atoms with E-state index >= 15 is 0 Å². The summed E-state index contributed by atoms with van der Waals surface area (Å²) in [5, 5.41) is 0.401. The molecule has 1 amide bonds. The number of sulfonamides is 1. The van der Waals surface area contributed by atoms with Gasteiger partial charge in [-0.2, -0.15) is 0 Å². The van der Waals surface area contributed by atoms with Crippen molar-refractivity contribution in [2.45, 2.75) is 24.7 Å². The Kier molecular flexibility index (Phi) is 5.49. The second-order valence-corrected chi connectivity index (χ2v) is 10.5. The van der Waals surface area contributed by atoms with Gasteiger partial charge in [0.05, 0.1) is 14.9 Å². The molecule has 4 rings (SSSR count). The highest BCUT2D eigenvalue weighted by molar-refractivity contribution is 7.89. The van der Waals surface area contributed by atoms with Crippen LogP contribution >= 0.6 is 23.2 Å². The van der Waals surface area contributed by atoms with Crippen molar-refractivity contribution in [3.63, 3.8) is 0 Å². The number of nitrogens with zero attached hydrogens (tertiary/aromatic N) is 1. The Hall–Kier alpha value is -1.82. The summed E-state index contributed by atoms with van der Waals surface area (Å²) in [4.78, 5) is 13.3. The maximum atomic E-state index is 13.5. The van der Waals surface area contributed by atoms with Gasteiger partial charge in [0.25, 0.3) is 15.9 Å². The minimum Gasteiger partial charge on any atom is -0.268 e. The van der Waals surface area contributed by atoms with Crippen LogP contribution in [0.4, 0.5) is 0 Å². The highest BCUT2D eigenvalue weighted by atomic mass is 35.5. The van der Waals surface area contributed by atoms with Crippen molar-refractivity contribution < 1.29 is 13.2 Å². The van der Waals surface area contributed by atoms with Gasteiger partial charge in [-0.1, -0.05) is 53.1 Å². The van der Waals surface area contributed by atoms with Crippen molar-refractivity contribution in [3.8, 4) is 0 Å². The standard InChI is InChI=1S/C22H21Cl2NO3S/c1-14-2-5-16(6-3-14)22(26)25(13-18-11-15-4-7-17(18)10-15)29(27,28)19-8-9-20(23)21(24)12-19/h2-9,12,15,17-18H,10-11,13H2,1H3/t15-,17+,18+/m1/s1. The maximum Gasteiger partial charge on any atom is 0.267 e. The molecule has 0 unspecified atom stereocenters. The lowest BCUT2D eigenvalue weighted by Gasteiger charge is -2.28. The predicted molar refractivity (Wildman–Crippen MR) is 115 cm³/mol. The number of benzene rings is 2. The third-order valence-electron chi connectivity index (χ3n) is 5.82. The Morgan fingerprint density at radius 1 is 1.03 bits per heavy atom. The number of carbonyl (C=O) groups excluding carboxylic acids is 1. The summed E-state index contributed by atoms with van der Waals surface area (Å²) < 4.78 is 27.9. The Morgan fingerprint density at radius 2 is 1.76 bits per heavy atom. The molecule has 2 aliphatic rings. The number of hydrogen-bond acceptors (Lipinski definition) is 3. The van der Waals surface area contributed by atoms with Gasteiger partial charge >= 0.3 is 0 Å². The minimum absolute atomic E-state index is 0.0361.